The lowest BCUT2D eigenvalue weighted by Crippen LogP contribution is -2.11. The molecule has 0 aliphatic heterocycles. The van der Waals surface area contributed by atoms with Gasteiger partial charge in [-0.25, -0.2) is 0 Å². The number of nitrogens with zero attached hydrogens (tertiary/aromatic N) is 2. The van der Waals surface area contributed by atoms with Crippen molar-refractivity contribution in [3.63, 3.8) is 0 Å². The van der Waals surface area contributed by atoms with E-state index in [0.29, 0.717) is 0 Å². The first-order valence-electron chi connectivity index (χ1n) is 3.94. The Hall–Kier alpha value is -2.34. The van der Waals surface area contributed by atoms with Crippen molar-refractivity contribution < 1.29 is 18.0 Å². The lowest BCUT2D eigenvalue weighted by atomic mass is 9.99. The molecule has 6 heteroatoms. The minimum Gasteiger partial charge on any atom is -0.298 e. The molecule has 0 aliphatic carbocycles. The van der Waals surface area contributed by atoms with Crippen molar-refractivity contribution in [2.75, 3.05) is 0 Å². The van der Waals surface area contributed by atoms with Gasteiger partial charge < -0.3 is 0 Å². The van der Waals surface area contributed by atoms with Gasteiger partial charge in [-0.05, 0) is 12.1 Å². The first-order valence-corrected chi connectivity index (χ1v) is 3.94. The highest BCUT2D eigenvalue weighted by atomic mass is 19.4. The highest BCUT2D eigenvalue weighted by molar-refractivity contribution is 5.77. The lowest BCUT2D eigenvalue weighted by molar-refractivity contribution is -0.138. The number of hydrogen-bond acceptors (Lipinski definition) is 3. The Morgan fingerprint density at radius 3 is 1.81 bits per heavy atom. The zero-order valence-corrected chi connectivity index (χ0v) is 7.67. The Morgan fingerprint density at radius 1 is 1.12 bits per heavy atom. The molecule has 16 heavy (non-hydrogen) atoms. The molecule has 0 N–H and O–H groups in total. The predicted octanol–water partition coefficient (Wildman–Crippen LogP) is 2.26. The number of nitriles is 2. The minimum atomic E-state index is -4.79. The van der Waals surface area contributed by atoms with Gasteiger partial charge in [0.2, 0.25) is 0 Å². The standard InChI is InChI=1S/C10H3F3N2O/c11-10(12,13)9-7(3-14)1-6(5-16)2-8(9)4-15/h1-2,5H. The van der Waals surface area contributed by atoms with Crippen molar-refractivity contribution in [2.45, 2.75) is 6.18 Å². The number of aldehydes is 1. The van der Waals surface area contributed by atoms with E-state index >= 15 is 0 Å². The summed E-state index contributed by atoms with van der Waals surface area (Å²) in [5.41, 5.74) is -2.90. The van der Waals surface area contributed by atoms with Crippen LogP contribution in [0.25, 0.3) is 0 Å². The van der Waals surface area contributed by atoms with Crippen molar-refractivity contribution in [1.29, 1.82) is 10.5 Å². The van der Waals surface area contributed by atoms with E-state index in [1.807, 2.05) is 0 Å². The van der Waals surface area contributed by atoms with Crippen molar-refractivity contribution in [3.05, 3.63) is 34.4 Å². The summed E-state index contributed by atoms with van der Waals surface area (Å²) >= 11 is 0. The topological polar surface area (TPSA) is 64.7 Å². The van der Waals surface area contributed by atoms with Crippen LogP contribution in [0.2, 0.25) is 0 Å². The second-order valence-electron chi connectivity index (χ2n) is 2.83. The van der Waals surface area contributed by atoms with Gasteiger partial charge in [-0.15, -0.1) is 0 Å². The first-order chi connectivity index (χ1) is 7.43. The molecule has 1 aromatic carbocycles. The molecule has 0 spiro atoms. The van der Waals surface area contributed by atoms with E-state index in [2.05, 4.69) is 0 Å². The zero-order valence-electron chi connectivity index (χ0n) is 7.67. The SMILES string of the molecule is N#Cc1cc(C=O)cc(C#N)c1C(F)(F)F. The first kappa shape index (κ1) is 11.7. The largest absolute Gasteiger partial charge is 0.418 e. The van der Waals surface area contributed by atoms with Crippen molar-refractivity contribution in [1.82, 2.24) is 0 Å². The summed E-state index contributed by atoms with van der Waals surface area (Å²) in [6, 6.07) is 4.25. The van der Waals surface area contributed by atoms with Crippen LogP contribution in [0.15, 0.2) is 12.1 Å². The molecular weight excluding hydrogens is 221 g/mol. The average molecular weight is 224 g/mol. The molecule has 0 heterocycles. The van der Waals surface area contributed by atoms with Crippen LogP contribution < -0.4 is 0 Å². The van der Waals surface area contributed by atoms with Gasteiger partial charge in [0.05, 0.1) is 28.8 Å². The summed E-state index contributed by atoms with van der Waals surface area (Å²) in [5, 5.41) is 17.1. The molecular formula is C10H3F3N2O. The summed E-state index contributed by atoms with van der Waals surface area (Å²) in [5.74, 6) is 0. The predicted molar refractivity (Wildman–Crippen MR) is 46.3 cm³/mol. The van der Waals surface area contributed by atoms with Crippen LogP contribution in [0.5, 0.6) is 0 Å². The number of benzene rings is 1. The Labute approximate surface area is 88.3 Å². The monoisotopic (exact) mass is 224 g/mol. The third kappa shape index (κ3) is 2.01. The number of carbonyl (C=O) groups is 1. The summed E-state index contributed by atoms with van der Waals surface area (Å²) in [7, 11) is 0. The van der Waals surface area contributed by atoms with E-state index < -0.39 is 22.9 Å². The fourth-order valence-electron chi connectivity index (χ4n) is 1.21. The number of hydrogen-bond donors (Lipinski definition) is 0. The van der Waals surface area contributed by atoms with Gasteiger partial charge in [0, 0.05) is 5.56 Å². The summed E-state index contributed by atoms with van der Waals surface area (Å²) < 4.78 is 37.6. The molecule has 80 valence electrons. The fourth-order valence-corrected chi connectivity index (χ4v) is 1.21. The van der Waals surface area contributed by atoms with Gasteiger partial charge in [-0.2, -0.15) is 23.7 Å². The molecule has 0 atom stereocenters. The summed E-state index contributed by atoms with van der Waals surface area (Å²) in [4.78, 5) is 10.4. The molecule has 1 rings (SSSR count). The average Bonchev–Trinajstić information content (AvgIpc) is 2.25. The van der Waals surface area contributed by atoms with Gasteiger partial charge in [-0.1, -0.05) is 0 Å². The maximum Gasteiger partial charge on any atom is 0.418 e. The Bertz CT molecular complexity index is 485. The van der Waals surface area contributed by atoms with Crippen molar-refractivity contribution in [2.24, 2.45) is 0 Å². The maximum absolute atomic E-state index is 12.5. The van der Waals surface area contributed by atoms with Crippen LogP contribution in [-0.4, -0.2) is 6.29 Å². The molecule has 0 radical (unpaired) electrons. The molecule has 3 nitrogen and oxygen atoms in total. The highest BCUT2D eigenvalue weighted by Gasteiger charge is 2.36. The molecule has 0 saturated heterocycles. The third-order valence-electron chi connectivity index (χ3n) is 1.82. The van der Waals surface area contributed by atoms with E-state index in [1.54, 1.807) is 0 Å². The van der Waals surface area contributed by atoms with E-state index in [-0.39, 0.29) is 11.8 Å². The number of rotatable bonds is 1. The van der Waals surface area contributed by atoms with E-state index in [0.717, 1.165) is 12.1 Å². The van der Waals surface area contributed by atoms with Crippen LogP contribution in [0, 0.1) is 22.7 Å². The molecule has 0 aromatic heterocycles. The molecule has 0 unspecified atom stereocenters. The molecule has 1 aromatic rings. The van der Waals surface area contributed by atoms with Crippen LogP contribution in [0.4, 0.5) is 13.2 Å². The van der Waals surface area contributed by atoms with Crippen LogP contribution in [0.3, 0.4) is 0 Å². The van der Waals surface area contributed by atoms with Crippen molar-refractivity contribution >= 4 is 6.29 Å². The van der Waals surface area contributed by atoms with Gasteiger partial charge in [-0.3, -0.25) is 4.79 Å². The van der Waals surface area contributed by atoms with E-state index in [1.165, 1.54) is 12.1 Å². The third-order valence-corrected chi connectivity index (χ3v) is 1.82. The molecule has 0 fully saturated rings. The Balaban J connectivity index is 3.67. The van der Waals surface area contributed by atoms with Gasteiger partial charge >= 0.3 is 6.18 Å². The fraction of sp³-hybridized carbons (Fsp3) is 0.100. The summed E-state index contributed by atoms with van der Waals surface area (Å²) in [6.07, 6.45) is -4.51. The van der Waals surface area contributed by atoms with Gasteiger partial charge in [0.1, 0.15) is 6.29 Å². The Kier molecular flexibility index (Phi) is 2.96. The quantitative estimate of drug-likeness (QED) is 0.687. The maximum atomic E-state index is 12.5. The van der Waals surface area contributed by atoms with Crippen LogP contribution in [-0.2, 0) is 6.18 Å². The molecule has 0 aliphatic rings. The van der Waals surface area contributed by atoms with Crippen LogP contribution >= 0.6 is 0 Å². The van der Waals surface area contributed by atoms with Gasteiger partial charge in [0.25, 0.3) is 0 Å². The van der Waals surface area contributed by atoms with Crippen LogP contribution in [0.1, 0.15) is 27.0 Å². The van der Waals surface area contributed by atoms with E-state index in [4.69, 9.17) is 10.5 Å². The zero-order chi connectivity index (χ0) is 12.3. The number of alkyl halides is 3. The number of carbonyl (C=O) groups excluding carboxylic acids is 1. The minimum absolute atomic E-state index is 0.138. The molecule has 0 bridgehead atoms. The number of halogens is 3. The molecule has 0 amide bonds. The van der Waals surface area contributed by atoms with Gasteiger partial charge in [0.15, 0.2) is 0 Å². The molecule has 0 saturated carbocycles. The van der Waals surface area contributed by atoms with E-state index in [9.17, 15) is 18.0 Å². The Morgan fingerprint density at radius 2 is 1.56 bits per heavy atom. The van der Waals surface area contributed by atoms with Crippen molar-refractivity contribution in [3.8, 4) is 12.1 Å². The highest BCUT2D eigenvalue weighted by Crippen LogP contribution is 2.34. The second-order valence-corrected chi connectivity index (χ2v) is 2.83. The lowest BCUT2D eigenvalue weighted by Gasteiger charge is -2.10. The smallest absolute Gasteiger partial charge is 0.298 e. The summed E-state index contributed by atoms with van der Waals surface area (Å²) in [6.45, 7) is 0. The normalized spacial score (nSPS) is 10.3. The second kappa shape index (κ2) is 4.03.